The third-order valence-electron chi connectivity index (χ3n) is 1.54. The highest BCUT2D eigenvalue weighted by atomic mass is 14.6. The van der Waals surface area contributed by atoms with E-state index in [4.69, 9.17) is 13.6 Å². The van der Waals surface area contributed by atoms with Gasteiger partial charge in [-0.1, -0.05) is 29.7 Å². The highest BCUT2D eigenvalue weighted by Gasteiger charge is 1.95. The fourth-order valence-corrected chi connectivity index (χ4v) is 1.03. The molecule has 2 N–H and O–H groups in total. The molecule has 1 aromatic rings. The molecule has 1 nitrogen and oxygen atoms in total. The van der Waals surface area contributed by atoms with Crippen LogP contribution in [0.15, 0.2) is 24.3 Å². The Balaban J connectivity index is 2.66. The quantitative estimate of drug-likeness (QED) is 0.597. The van der Waals surface area contributed by atoms with Crippen LogP contribution in [0.4, 0.5) is 0 Å². The number of hydrogen-bond acceptors (Lipinski definition) is 1. The molecule has 2 radical (unpaired) electrons. The highest BCUT2D eigenvalue weighted by Crippen LogP contribution is 1.99. The molecule has 0 spiro atoms. The Kier molecular flexibility index (Phi) is 2.72. The van der Waals surface area contributed by atoms with Gasteiger partial charge < -0.3 is 5.73 Å². The minimum Gasteiger partial charge on any atom is -0.328 e. The SMILES string of the molecule is [B]c1ccc(C[C@@H](C)N)cc1. The lowest BCUT2D eigenvalue weighted by atomic mass is 9.94. The van der Waals surface area contributed by atoms with Crippen molar-refractivity contribution in [2.75, 3.05) is 0 Å². The molecule has 11 heavy (non-hydrogen) atoms. The Morgan fingerprint density at radius 2 is 1.91 bits per heavy atom. The Morgan fingerprint density at radius 1 is 1.36 bits per heavy atom. The lowest BCUT2D eigenvalue weighted by molar-refractivity contribution is 0.738. The van der Waals surface area contributed by atoms with Crippen molar-refractivity contribution < 1.29 is 0 Å². The Hall–Kier alpha value is -0.755. The molecule has 0 heterocycles. The minimum absolute atomic E-state index is 0.221. The third-order valence-corrected chi connectivity index (χ3v) is 1.54. The largest absolute Gasteiger partial charge is 0.328 e. The van der Waals surface area contributed by atoms with E-state index in [1.54, 1.807) is 0 Å². The fourth-order valence-electron chi connectivity index (χ4n) is 1.03. The summed E-state index contributed by atoms with van der Waals surface area (Å²) in [5, 5.41) is 0. The standard InChI is InChI=1S/C9H12BN/c1-7(11)6-8-2-4-9(10)5-3-8/h2-5,7H,6,11H2,1H3/t7-/m1/s1. The zero-order valence-electron chi connectivity index (χ0n) is 6.75. The molecule has 0 aliphatic carbocycles. The van der Waals surface area contributed by atoms with Crippen molar-refractivity contribution in [3.8, 4) is 0 Å². The summed E-state index contributed by atoms with van der Waals surface area (Å²) < 4.78 is 0. The van der Waals surface area contributed by atoms with Crippen LogP contribution in [-0.2, 0) is 6.42 Å². The monoisotopic (exact) mass is 145 g/mol. The summed E-state index contributed by atoms with van der Waals surface area (Å²) >= 11 is 0. The van der Waals surface area contributed by atoms with E-state index in [0.29, 0.717) is 0 Å². The molecule has 0 aromatic heterocycles. The summed E-state index contributed by atoms with van der Waals surface area (Å²) in [6.07, 6.45) is 0.917. The van der Waals surface area contributed by atoms with Crippen LogP contribution in [0, 0.1) is 0 Å². The maximum absolute atomic E-state index is 5.63. The topological polar surface area (TPSA) is 26.0 Å². The van der Waals surface area contributed by atoms with Gasteiger partial charge in [0.1, 0.15) is 7.85 Å². The van der Waals surface area contributed by atoms with E-state index in [-0.39, 0.29) is 6.04 Å². The first-order valence-electron chi connectivity index (χ1n) is 3.78. The predicted octanol–water partition coefficient (Wildman–Crippen LogP) is 0.370. The summed E-state index contributed by atoms with van der Waals surface area (Å²) in [5.74, 6) is 0. The first-order valence-corrected chi connectivity index (χ1v) is 3.78. The van der Waals surface area contributed by atoms with Crippen LogP contribution in [0.1, 0.15) is 12.5 Å². The zero-order chi connectivity index (χ0) is 8.27. The van der Waals surface area contributed by atoms with Gasteiger partial charge in [0.15, 0.2) is 0 Å². The van der Waals surface area contributed by atoms with Crippen molar-refractivity contribution in [2.45, 2.75) is 19.4 Å². The lowest BCUT2D eigenvalue weighted by Crippen LogP contribution is -2.18. The van der Waals surface area contributed by atoms with Gasteiger partial charge in [-0.3, -0.25) is 0 Å². The highest BCUT2D eigenvalue weighted by molar-refractivity contribution is 6.32. The Bertz CT molecular complexity index is 216. The van der Waals surface area contributed by atoms with E-state index >= 15 is 0 Å². The van der Waals surface area contributed by atoms with Gasteiger partial charge in [0.2, 0.25) is 0 Å². The first kappa shape index (κ1) is 8.34. The lowest BCUT2D eigenvalue weighted by Gasteiger charge is -2.04. The van der Waals surface area contributed by atoms with Crippen LogP contribution in [0.2, 0.25) is 0 Å². The molecule has 0 aliphatic rings. The molecule has 1 atom stereocenters. The summed E-state index contributed by atoms with van der Waals surface area (Å²) in [5.41, 5.74) is 7.68. The first-order chi connectivity index (χ1) is 5.18. The van der Waals surface area contributed by atoms with Gasteiger partial charge in [0, 0.05) is 6.04 Å². The Morgan fingerprint density at radius 3 is 2.36 bits per heavy atom. The Labute approximate surface area is 69.0 Å². The second-order valence-electron chi connectivity index (χ2n) is 2.92. The van der Waals surface area contributed by atoms with E-state index in [0.717, 1.165) is 11.9 Å². The molecule has 1 rings (SSSR count). The molecule has 0 amide bonds. The van der Waals surface area contributed by atoms with Gasteiger partial charge >= 0.3 is 0 Å². The molecule has 1 aromatic carbocycles. The zero-order valence-corrected chi connectivity index (χ0v) is 6.75. The van der Waals surface area contributed by atoms with Crippen LogP contribution in [-0.4, -0.2) is 13.9 Å². The maximum atomic E-state index is 5.63. The van der Waals surface area contributed by atoms with Crippen molar-refractivity contribution in [3.63, 3.8) is 0 Å². The maximum Gasteiger partial charge on any atom is 0.113 e. The normalized spacial score (nSPS) is 12.9. The van der Waals surface area contributed by atoms with Gasteiger partial charge in [-0.2, -0.15) is 0 Å². The molecule has 0 unspecified atom stereocenters. The number of rotatable bonds is 2. The average Bonchev–Trinajstić information content (AvgIpc) is 1.93. The molecule has 0 aliphatic heterocycles. The molecule has 0 saturated carbocycles. The van der Waals surface area contributed by atoms with Crippen molar-refractivity contribution >= 4 is 13.3 Å². The number of nitrogens with two attached hydrogens (primary N) is 1. The summed E-state index contributed by atoms with van der Waals surface area (Å²) in [6, 6.07) is 8.05. The third kappa shape index (κ3) is 2.77. The van der Waals surface area contributed by atoms with E-state index in [1.165, 1.54) is 5.56 Å². The molecule has 0 saturated heterocycles. The molecule has 0 bridgehead atoms. The van der Waals surface area contributed by atoms with Crippen molar-refractivity contribution in [1.82, 2.24) is 0 Å². The van der Waals surface area contributed by atoms with Gasteiger partial charge in [0.05, 0.1) is 0 Å². The molecule has 0 fully saturated rings. The molecule has 2 heteroatoms. The van der Waals surface area contributed by atoms with Crippen LogP contribution >= 0.6 is 0 Å². The second-order valence-corrected chi connectivity index (χ2v) is 2.92. The molecule has 56 valence electrons. The number of hydrogen-bond donors (Lipinski definition) is 1. The van der Waals surface area contributed by atoms with Gasteiger partial charge in [-0.15, -0.1) is 0 Å². The van der Waals surface area contributed by atoms with Crippen molar-refractivity contribution in [3.05, 3.63) is 29.8 Å². The van der Waals surface area contributed by atoms with Crippen molar-refractivity contribution in [1.29, 1.82) is 0 Å². The smallest absolute Gasteiger partial charge is 0.113 e. The summed E-state index contributed by atoms with van der Waals surface area (Å²) in [4.78, 5) is 0. The number of benzene rings is 1. The fraction of sp³-hybridized carbons (Fsp3) is 0.333. The summed E-state index contributed by atoms with van der Waals surface area (Å²) in [6.45, 7) is 2.00. The minimum atomic E-state index is 0.221. The van der Waals surface area contributed by atoms with Gasteiger partial charge in [-0.25, -0.2) is 0 Å². The van der Waals surface area contributed by atoms with Crippen LogP contribution in [0.25, 0.3) is 0 Å². The van der Waals surface area contributed by atoms with E-state index in [1.807, 2.05) is 31.2 Å². The molecular formula is C9H12BN. The van der Waals surface area contributed by atoms with Crippen LogP contribution < -0.4 is 11.2 Å². The van der Waals surface area contributed by atoms with E-state index in [9.17, 15) is 0 Å². The van der Waals surface area contributed by atoms with E-state index in [2.05, 4.69) is 0 Å². The second kappa shape index (κ2) is 3.58. The molecular weight excluding hydrogens is 133 g/mol. The average molecular weight is 145 g/mol. The summed E-state index contributed by atoms with van der Waals surface area (Å²) in [7, 11) is 5.53. The van der Waals surface area contributed by atoms with E-state index < -0.39 is 0 Å². The van der Waals surface area contributed by atoms with Crippen molar-refractivity contribution in [2.24, 2.45) is 5.73 Å². The van der Waals surface area contributed by atoms with Gasteiger partial charge in [0.25, 0.3) is 0 Å². The van der Waals surface area contributed by atoms with Crippen LogP contribution in [0.3, 0.4) is 0 Å². The predicted molar refractivity (Wildman–Crippen MR) is 49.2 cm³/mol. The van der Waals surface area contributed by atoms with Gasteiger partial charge in [-0.05, 0) is 18.9 Å². The van der Waals surface area contributed by atoms with Crippen LogP contribution in [0.5, 0.6) is 0 Å².